The van der Waals surface area contributed by atoms with Crippen LogP contribution in [-0.2, 0) is 3.79 Å². The fourth-order valence-electron chi connectivity index (χ4n) is 2.59. The number of nitrogens with zero attached hydrogens (tertiary/aromatic N) is 5. The fraction of sp³-hybridized carbons (Fsp3) is 0.438. The molecule has 0 spiro atoms. The van der Waals surface area contributed by atoms with E-state index in [1.807, 2.05) is 24.3 Å². The number of ether oxygens (including phenoxy) is 1. The van der Waals surface area contributed by atoms with Crippen molar-refractivity contribution in [2.75, 3.05) is 45.2 Å². The Hall–Kier alpha value is -1.34. The maximum atomic E-state index is 6.05. The Bertz CT molecular complexity index is 745. The summed E-state index contributed by atoms with van der Waals surface area (Å²) >= 11 is 18.1. The highest BCUT2D eigenvalue weighted by Crippen LogP contribution is 2.38. The first kappa shape index (κ1) is 18.5. The summed E-state index contributed by atoms with van der Waals surface area (Å²) in [6.45, 7) is 3.42. The topological polar surface area (TPSA) is 54.4 Å². The smallest absolute Gasteiger partial charge is 0.250 e. The molecule has 2 heterocycles. The van der Waals surface area contributed by atoms with Crippen molar-refractivity contribution in [1.82, 2.24) is 19.9 Å². The number of hydrogen-bond donors (Lipinski definition) is 0. The van der Waals surface area contributed by atoms with Crippen molar-refractivity contribution in [3.05, 3.63) is 30.1 Å². The minimum Gasteiger partial charge on any atom is -0.496 e. The molecule has 0 bridgehead atoms. The second kappa shape index (κ2) is 7.50. The van der Waals surface area contributed by atoms with Crippen LogP contribution in [0.2, 0.25) is 0 Å². The Balaban J connectivity index is 2.07. The maximum absolute atomic E-state index is 6.05. The lowest BCUT2D eigenvalue weighted by Gasteiger charge is -2.32. The summed E-state index contributed by atoms with van der Waals surface area (Å²) in [4.78, 5) is 17.7. The third kappa shape index (κ3) is 4.26. The van der Waals surface area contributed by atoms with E-state index in [1.54, 1.807) is 7.11 Å². The number of aromatic nitrogens is 3. The molecule has 0 unspecified atom stereocenters. The summed E-state index contributed by atoms with van der Waals surface area (Å²) in [6.07, 6.45) is 0. The molecule has 0 radical (unpaired) electrons. The van der Waals surface area contributed by atoms with E-state index in [9.17, 15) is 0 Å². The molecule has 1 saturated heterocycles. The number of para-hydroxylation sites is 1. The summed E-state index contributed by atoms with van der Waals surface area (Å²) in [7, 11) is 3.68. The molecule has 2 aromatic rings. The number of likely N-dealkylation sites (N-methyl/N-ethyl adjacent to an activating group) is 1. The molecular formula is C16H18Cl3N5O. The van der Waals surface area contributed by atoms with Gasteiger partial charge >= 0.3 is 0 Å². The van der Waals surface area contributed by atoms with Gasteiger partial charge in [-0.15, -0.1) is 0 Å². The molecule has 1 fully saturated rings. The average molecular weight is 403 g/mol. The largest absolute Gasteiger partial charge is 0.496 e. The van der Waals surface area contributed by atoms with E-state index in [1.165, 1.54) is 0 Å². The molecule has 0 N–H and O–H groups in total. The van der Waals surface area contributed by atoms with Crippen LogP contribution in [0.3, 0.4) is 0 Å². The third-order valence-corrected chi connectivity index (χ3v) is 4.52. The number of anilines is 1. The highest BCUT2D eigenvalue weighted by atomic mass is 35.6. The van der Waals surface area contributed by atoms with E-state index >= 15 is 0 Å². The number of hydrogen-bond acceptors (Lipinski definition) is 6. The molecule has 6 nitrogen and oxygen atoms in total. The van der Waals surface area contributed by atoms with Crippen molar-refractivity contribution in [3.8, 4) is 17.1 Å². The minimum atomic E-state index is -1.74. The van der Waals surface area contributed by atoms with Crippen molar-refractivity contribution in [3.63, 3.8) is 0 Å². The van der Waals surface area contributed by atoms with Gasteiger partial charge in [-0.1, -0.05) is 46.9 Å². The van der Waals surface area contributed by atoms with Crippen LogP contribution in [0.25, 0.3) is 11.4 Å². The lowest BCUT2D eigenvalue weighted by atomic mass is 10.2. The van der Waals surface area contributed by atoms with Gasteiger partial charge in [0.15, 0.2) is 11.6 Å². The monoisotopic (exact) mass is 401 g/mol. The highest BCUT2D eigenvalue weighted by molar-refractivity contribution is 6.66. The van der Waals surface area contributed by atoms with Gasteiger partial charge in [-0.05, 0) is 19.2 Å². The van der Waals surface area contributed by atoms with Crippen LogP contribution in [0.4, 0.5) is 5.95 Å². The van der Waals surface area contributed by atoms with Gasteiger partial charge in [-0.25, -0.2) is 4.98 Å². The predicted molar refractivity (Wildman–Crippen MR) is 101 cm³/mol. The summed E-state index contributed by atoms with van der Waals surface area (Å²) in [5, 5.41) is 0. The molecule has 0 amide bonds. The van der Waals surface area contributed by atoms with Gasteiger partial charge in [-0.3, -0.25) is 0 Å². The van der Waals surface area contributed by atoms with Crippen molar-refractivity contribution < 1.29 is 4.74 Å². The Kier molecular flexibility index (Phi) is 5.53. The van der Waals surface area contributed by atoms with Gasteiger partial charge < -0.3 is 14.5 Å². The molecule has 1 aliphatic heterocycles. The van der Waals surface area contributed by atoms with Gasteiger partial charge in [0.05, 0.1) is 12.7 Å². The van der Waals surface area contributed by atoms with E-state index < -0.39 is 3.79 Å². The number of piperazine rings is 1. The van der Waals surface area contributed by atoms with Gasteiger partial charge in [-0.2, -0.15) is 9.97 Å². The number of halogens is 3. The number of rotatable bonds is 3. The molecule has 9 heteroatoms. The summed E-state index contributed by atoms with van der Waals surface area (Å²) < 4.78 is 3.67. The van der Waals surface area contributed by atoms with Crippen LogP contribution in [-0.4, -0.2) is 60.2 Å². The molecule has 134 valence electrons. The quantitative estimate of drug-likeness (QED) is 0.735. The lowest BCUT2D eigenvalue weighted by molar-refractivity contribution is 0.311. The summed E-state index contributed by atoms with van der Waals surface area (Å²) in [5.74, 6) is 1.67. The first-order valence-corrected chi connectivity index (χ1v) is 8.92. The lowest BCUT2D eigenvalue weighted by Crippen LogP contribution is -2.45. The van der Waals surface area contributed by atoms with Crippen molar-refractivity contribution in [1.29, 1.82) is 0 Å². The van der Waals surface area contributed by atoms with Crippen LogP contribution in [0.1, 0.15) is 5.82 Å². The SMILES string of the molecule is COc1ccccc1-c1nc(N2CCN(C)CC2)nc(C(Cl)(Cl)Cl)n1. The second-order valence-electron chi connectivity index (χ2n) is 5.77. The molecule has 25 heavy (non-hydrogen) atoms. The second-order valence-corrected chi connectivity index (χ2v) is 8.05. The Morgan fingerprint density at radius 3 is 2.32 bits per heavy atom. The van der Waals surface area contributed by atoms with E-state index in [2.05, 4.69) is 31.8 Å². The molecule has 0 aliphatic carbocycles. The first-order valence-electron chi connectivity index (χ1n) is 7.78. The minimum absolute atomic E-state index is 0.0994. The Morgan fingerprint density at radius 2 is 1.68 bits per heavy atom. The van der Waals surface area contributed by atoms with Crippen LogP contribution < -0.4 is 9.64 Å². The van der Waals surface area contributed by atoms with E-state index in [4.69, 9.17) is 39.5 Å². The first-order chi connectivity index (χ1) is 11.9. The zero-order chi connectivity index (χ0) is 18.0. The molecular weight excluding hydrogens is 385 g/mol. The zero-order valence-electron chi connectivity index (χ0n) is 13.9. The van der Waals surface area contributed by atoms with Crippen molar-refractivity contribution in [2.45, 2.75) is 3.79 Å². The number of methoxy groups -OCH3 is 1. The van der Waals surface area contributed by atoms with Crippen LogP contribution in [0, 0.1) is 0 Å². The molecule has 0 atom stereocenters. The molecule has 0 saturated carbocycles. The van der Waals surface area contributed by atoms with Crippen LogP contribution in [0.5, 0.6) is 5.75 Å². The highest BCUT2D eigenvalue weighted by Gasteiger charge is 2.30. The van der Waals surface area contributed by atoms with E-state index in [0.717, 1.165) is 31.7 Å². The van der Waals surface area contributed by atoms with Gasteiger partial charge in [0, 0.05) is 26.2 Å². The average Bonchev–Trinajstić information content (AvgIpc) is 2.61. The Labute approximate surface area is 161 Å². The Morgan fingerprint density at radius 1 is 1.00 bits per heavy atom. The maximum Gasteiger partial charge on any atom is 0.250 e. The van der Waals surface area contributed by atoms with Gasteiger partial charge in [0.25, 0.3) is 0 Å². The van der Waals surface area contributed by atoms with Crippen molar-refractivity contribution in [2.24, 2.45) is 0 Å². The molecule has 1 aliphatic rings. The van der Waals surface area contributed by atoms with Crippen molar-refractivity contribution >= 4 is 40.8 Å². The standard InChI is InChI=1S/C16H18Cl3N5O/c1-23-7-9-24(10-8-23)15-21-13(20-14(22-15)16(17,18)19)11-5-3-4-6-12(11)25-2/h3-6H,7-10H2,1-2H3. The summed E-state index contributed by atoms with van der Waals surface area (Å²) in [6, 6.07) is 7.46. The third-order valence-electron chi connectivity index (χ3n) is 4.01. The summed E-state index contributed by atoms with van der Waals surface area (Å²) in [5.41, 5.74) is 0.721. The molecule has 1 aromatic heterocycles. The predicted octanol–water partition coefficient (Wildman–Crippen LogP) is 3.13. The van der Waals surface area contributed by atoms with Crippen LogP contribution in [0.15, 0.2) is 24.3 Å². The van der Waals surface area contributed by atoms with Crippen LogP contribution >= 0.6 is 34.8 Å². The van der Waals surface area contributed by atoms with Gasteiger partial charge in [0.2, 0.25) is 9.74 Å². The number of benzene rings is 1. The number of alkyl halides is 3. The zero-order valence-corrected chi connectivity index (χ0v) is 16.2. The van der Waals surface area contributed by atoms with Gasteiger partial charge in [0.1, 0.15) is 5.75 Å². The molecule has 1 aromatic carbocycles. The van der Waals surface area contributed by atoms with E-state index in [0.29, 0.717) is 17.5 Å². The fourth-order valence-corrected chi connectivity index (χ4v) is 2.84. The molecule has 3 rings (SSSR count). The normalized spacial score (nSPS) is 16.1. The van der Waals surface area contributed by atoms with E-state index in [-0.39, 0.29) is 5.82 Å².